The second-order valence-electron chi connectivity index (χ2n) is 6.01. The molecule has 0 aromatic carbocycles. The van der Waals surface area contributed by atoms with E-state index in [2.05, 4.69) is 37.9 Å². The number of hydrogen-bond donors (Lipinski definition) is 1. The minimum atomic E-state index is 0.667. The fraction of sp³-hybridized carbons (Fsp3) is 1.00. The first-order valence-corrected chi connectivity index (χ1v) is 7.63. The van der Waals surface area contributed by atoms with E-state index in [0.29, 0.717) is 6.04 Å². The van der Waals surface area contributed by atoms with Crippen molar-refractivity contribution in [1.29, 1.82) is 0 Å². The first kappa shape index (κ1) is 15.0. The van der Waals surface area contributed by atoms with Gasteiger partial charge >= 0.3 is 0 Å². The molecule has 1 fully saturated rings. The van der Waals surface area contributed by atoms with Crippen molar-refractivity contribution in [2.75, 3.05) is 26.2 Å². The molecular formula is C15H32N2. The molecule has 0 aliphatic heterocycles. The van der Waals surface area contributed by atoms with Crippen LogP contribution in [0.3, 0.4) is 0 Å². The van der Waals surface area contributed by atoms with Crippen LogP contribution < -0.4 is 5.32 Å². The lowest BCUT2D eigenvalue weighted by molar-refractivity contribution is 0.210. The molecule has 17 heavy (non-hydrogen) atoms. The van der Waals surface area contributed by atoms with Gasteiger partial charge in [0.05, 0.1) is 0 Å². The summed E-state index contributed by atoms with van der Waals surface area (Å²) in [5, 5.41) is 3.71. The third kappa shape index (κ3) is 6.42. The Kier molecular flexibility index (Phi) is 7.14. The largest absolute Gasteiger partial charge is 0.312 e. The first-order valence-electron chi connectivity index (χ1n) is 7.63. The molecule has 0 saturated heterocycles. The van der Waals surface area contributed by atoms with Gasteiger partial charge in [0.25, 0.3) is 0 Å². The highest BCUT2D eigenvalue weighted by molar-refractivity contribution is 4.81. The van der Waals surface area contributed by atoms with E-state index in [1.54, 1.807) is 0 Å². The Morgan fingerprint density at radius 1 is 1.18 bits per heavy atom. The predicted octanol–water partition coefficient (Wildman–Crippen LogP) is 3.13. The standard InChI is InChI=1S/C15H32N2/c1-5-9-16-15(13(3)4)12-17(10-6-2)11-14-7-8-14/h13-16H,5-12H2,1-4H3. The van der Waals surface area contributed by atoms with Crippen molar-refractivity contribution in [1.82, 2.24) is 10.2 Å². The van der Waals surface area contributed by atoms with Crippen molar-refractivity contribution in [3.63, 3.8) is 0 Å². The Balaban J connectivity index is 2.35. The average molecular weight is 240 g/mol. The zero-order valence-electron chi connectivity index (χ0n) is 12.3. The van der Waals surface area contributed by atoms with Gasteiger partial charge in [0, 0.05) is 19.1 Å². The molecule has 1 unspecified atom stereocenters. The molecule has 102 valence electrons. The highest BCUT2D eigenvalue weighted by atomic mass is 15.2. The maximum Gasteiger partial charge on any atom is 0.0217 e. The second kappa shape index (κ2) is 8.10. The van der Waals surface area contributed by atoms with Crippen molar-refractivity contribution >= 4 is 0 Å². The third-order valence-corrected chi connectivity index (χ3v) is 3.67. The molecule has 0 radical (unpaired) electrons. The molecule has 2 nitrogen and oxygen atoms in total. The molecule has 0 aromatic rings. The van der Waals surface area contributed by atoms with Crippen molar-refractivity contribution < 1.29 is 0 Å². The zero-order chi connectivity index (χ0) is 12.7. The molecule has 0 amide bonds. The van der Waals surface area contributed by atoms with Gasteiger partial charge in [0.15, 0.2) is 0 Å². The predicted molar refractivity (Wildman–Crippen MR) is 76.4 cm³/mol. The Hall–Kier alpha value is -0.0800. The third-order valence-electron chi connectivity index (χ3n) is 3.67. The maximum absolute atomic E-state index is 3.71. The Bertz CT molecular complexity index is 187. The molecule has 1 saturated carbocycles. The Morgan fingerprint density at radius 2 is 1.88 bits per heavy atom. The fourth-order valence-corrected chi connectivity index (χ4v) is 2.36. The van der Waals surface area contributed by atoms with Crippen molar-refractivity contribution in [2.45, 2.75) is 59.4 Å². The van der Waals surface area contributed by atoms with E-state index in [9.17, 15) is 0 Å². The molecular weight excluding hydrogens is 208 g/mol. The van der Waals surface area contributed by atoms with E-state index < -0.39 is 0 Å². The van der Waals surface area contributed by atoms with E-state index in [0.717, 1.165) is 18.4 Å². The van der Waals surface area contributed by atoms with Gasteiger partial charge in [-0.25, -0.2) is 0 Å². The van der Waals surface area contributed by atoms with Gasteiger partial charge in [-0.15, -0.1) is 0 Å². The molecule has 0 bridgehead atoms. The van der Waals surface area contributed by atoms with Crippen LogP contribution in [-0.2, 0) is 0 Å². The smallest absolute Gasteiger partial charge is 0.0217 e. The van der Waals surface area contributed by atoms with E-state index >= 15 is 0 Å². The summed E-state index contributed by atoms with van der Waals surface area (Å²) < 4.78 is 0. The summed E-state index contributed by atoms with van der Waals surface area (Å²) in [5.41, 5.74) is 0. The van der Waals surface area contributed by atoms with Gasteiger partial charge in [-0.2, -0.15) is 0 Å². The monoisotopic (exact) mass is 240 g/mol. The summed E-state index contributed by atoms with van der Waals surface area (Å²) in [6.45, 7) is 14.2. The summed E-state index contributed by atoms with van der Waals surface area (Å²) in [7, 11) is 0. The molecule has 1 atom stereocenters. The van der Waals surface area contributed by atoms with E-state index in [4.69, 9.17) is 0 Å². The van der Waals surface area contributed by atoms with Crippen LogP contribution in [0.2, 0.25) is 0 Å². The van der Waals surface area contributed by atoms with Gasteiger partial charge in [0.1, 0.15) is 0 Å². The van der Waals surface area contributed by atoms with E-state index in [-0.39, 0.29) is 0 Å². The topological polar surface area (TPSA) is 15.3 Å². The van der Waals surface area contributed by atoms with Crippen molar-refractivity contribution in [2.24, 2.45) is 11.8 Å². The van der Waals surface area contributed by atoms with Crippen molar-refractivity contribution in [3.8, 4) is 0 Å². The molecule has 1 aliphatic rings. The van der Waals surface area contributed by atoms with Crippen LogP contribution in [0.5, 0.6) is 0 Å². The number of hydrogen-bond acceptors (Lipinski definition) is 2. The normalized spacial score (nSPS) is 18.0. The molecule has 0 heterocycles. The molecule has 1 N–H and O–H groups in total. The van der Waals surface area contributed by atoms with Crippen LogP contribution >= 0.6 is 0 Å². The summed E-state index contributed by atoms with van der Waals surface area (Å²) in [5.74, 6) is 1.75. The van der Waals surface area contributed by atoms with Gasteiger partial charge in [-0.1, -0.05) is 27.7 Å². The SMILES string of the molecule is CCCNC(CN(CCC)CC1CC1)C(C)C. The number of rotatable bonds is 10. The summed E-state index contributed by atoms with van der Waals surface area (Å²) in [4.78, 5) is 2.69. The van der Waals surface area contributed by atoms with Crippen LogP contribution in [0.15, 0.2) is 0 Å². The molecule has 1 aliphatic carbocycles. The molecule has 0 spiro atoms. The van der Waals surface area contributed by atoms with Crippen LogP contribution in [0, 0.1) is 11.8 Å². The quantitative estimate of drug-likeness (QED) is 0.631. The zero-order valence-corrected chi connectivity index (χ0v) is 12.3. The van der Waals surface area contributed by atoms with Crippen LogP contribution in [-0.4, -0.2) is 37.1 Å². The number of nitrogens with one attached hydrogen (secondary N) is 1. The minimum Gasteiger partial charge on any atom is -0.312 e. The molecule has 2 heteroatoms. The molecule has 1 rings (SSSR count). The van der Waals surface area contributed by atoms with E-state index in [1.165, 1.54) is 45.3 Å². The Morgan fingerprint density at radius 3 is 2.35 bits per heavy atom. The van der Waals surface area contributed by atoms with Gasteiger partial charge in [-0.3, -0.25) is 0 Å². The van der Waals surface area contributed by atoms with Gasteiger partial charge in [-0.05, 0) is 50.6 Å². The lowest BCUT2D eigenvalue weighted by Gasteiger charge is -2.30. The van der Waals surface area contributed by atoms with Crippen LogP contribution in [0.25, 0.3) is 0 Å². The lowest BCUT2D eigenvalue weighted by atomic mass is 10.0. The summed E-state index contributed by atoms with van der Waals surface area (Å²) in [6.07, 6.45) is 5.45. The van der Waals surface area contributed by atoms with Crippen LogP contribution in [0.1, 0.15) is 53.4 Å². The lowest BCUT2D eigenvalue weighted by Crippen LogP contribution is -2.45. The molecule has 0 aromatic heterocycles. The summed E-state index contributed by atoms with van der Waals surface area (Å²) >= 11 is 0. The number of nitrogens with zero attached hydrogens (tertiary/aromatic N) is 1. The fourth-order valence-electron chi connectivity index (χ4n) is 2.36. The Labute approximate surface area is 108 Å². The highest BCUT2D eigenvalue weighted by Gasteiger charge is 2.25. The van der Waals surface area contributed by atoms with Gasteiger partial charge in [0.2, 0.25) is 0 Å². The second-order valence-corrected chi connectivity index (χ2v) is 6.01. The highest BCUT2D eigenvalue weighted by Crippen LogP contribution is 2.29. The summed E-state index contributed by atoms with van der Waals surface area (Å²) in [6, 6.07) is 0.667. The minimum absolute atomic E-state index is 0.667. The average Bonchev–Trinajstić information content (AvgIpc) is 3.07. The maximum atomic E-state index is 3.71. The van der Waals surface area contributed by atoms with E-state index in [1.807, 2.05) is 0 Å². The van der Waals surface area contributed by atoms with Gasteiger partial charge < -0.3 is 10.2 Å². The first-order chi connectivity index (χ1) is 8.17. The van der Waals surface area contributed by atoms with Crippen LogP contribution in [0.4, 0.5) is 0 Å². The van der Waals surface area contributed by atoms with Crippen molar-refractivity contribution in [3.05, 3.63) is 0 Å².